The van der Waals surface area contributed by atoms with E-state index in [-0.39, 0.29) is 5.57 Å². The Hall–Kier alpha value is -3.20. The minimum absolute atomic E-state index is 0.0390. The van der Waals surface area contributed by atoms with Gasteiger partial charge >= 0.3 is 0 Å². The van der Waals surface area contributed by atoms with Gasteiger partial charge in [0.2, 0.25) is 0 Å². The molecule has 0 bridgehead atoms. The zero-order valence-electron chi connectivity index (χ0n) is 15.7. The number of rotatable bonds is 5. The molecule has 0 aliphatic carbocycles. The molecule has 0 aliphatic heterocycles. The predicted octanol–water partition coefficient (Wildman–Crippen LogP) is 5.65. The number of aromatic nitrogens is 1. The van der Waals surface area contributed by atoms with Gasteiger partial charge < -0.3 is 14.6 Å². The van der Waals surface area contributed by atoms with Crippen LogP contribution >= 0.6 is 23.2 Å². The molecule has 0 spiro atoms. The molecule has 0 saturated heterocycles. The molecule has 0 radical (unpaired) electrons. The number of benzene rings is 2. The highest BCUT2D eigenvalue weighted by Gasteiger charge is 2.13. The molecule has 29 heavy (non-hydrogen) atoms. The van der Waals surface area contributed by atoms with E-state index in [9.17, 15) is 10.1 Å². The molecule has 0 unspecified atom stereocenters. The standard InChI is InChI=1S/C22H17Cl2N3O2/c1-14-9-15(13-27(14)18-4-6-19(29-2)7-5-18)10-16(12-25)22(28)26-21-8-3-17(23)11-20(21)24/h3-11,13H,1-2H3,(H,26,28)/b16-10+. The van der Waals surface area contributed by atoms with Crippen molar-refractivity contribution in [1.29, 1.82) is 5.26 Å². The molecular weight excluding hydrogens is 409 g/mol. The molecule has 2 aromatic carbocycles. The lowest BCUT2D eigenvalue weighted by Gasteiger charge is -2.07. The van der Waals surface area contributed by atoms with Crippen LogP contribution in [0, 0.1) is 18.3 Å². The van der Waals surface area contributed by atoms with Crippen molar-refractivity contribution in [1.82, 2.24) is 4.57 Å². The molecule has 146 valence electrons. The lowest BCUT2D eigenvalue weighted by molar-refractivity contribution is -0.112. The van der Waals surface area contributed by atoms with Gasteiger partial charge in [0.05, 0.1) is 17.8 Å². The Morgan fingerprint density at radius 3 is 2.52 bits per heavy atom. The summed E-state index contributed by atoms with van der Waals surface area (Å²) in [4.78, 5) is 12.5. The van der Waals surface area contributed by atoms with Crippen molar-refractivity contribution in [3.63, 3.8) is 0 Å². The fourth-order valence-electron chi connectivity index (χ4n) is 2.79. The number of nitrogens with one attached hydrogen (secondary N) is 1. The van der Waals surface area contributed by atoms with Crippen LogP contribution in [-0.2, 0) is 4.79 Å². The number of hydrogen-bond acceptors (Lipinski definition) is 3. The van der Waals surface area contributed by atoms with E-state index in [0.29, 0.717) is 15.7 Å². The fraction of sp³-hybridized carbons (Fsp3) is 0.0909. The van der Waals surface area contributed by atoms with Crippen LogP contribution in [-0.4, -0.2) is 17.6 Å². The quantitative estimate of drug-likeness (QED) is 0.424. The summed E-state index contributed by atoms with van der Waals surface area (Å²) >= 11 is 11.9. The Balaban J connectivity index is 1.85. The summed E-state index contributed by atoms with van der Waals surface area (Å²) in [7, 11) is 1.62. The van der Waals surface area contributed by atoms with Crippen LogP contribution in [0.5, 0.6) is 5.75 Å². The van der Waals surface area contributed by atoms with Gasteiger partial charge in [-0.1, -0.05) is 23.2 Å². The number of methoxy groups -OCH3 is 1. The highest BCUT2D eigenvalue weighted by molar-refractivity contribution is 6.36. The molecule has 0 fully saturated rings. The maximum atomic E-state index is 12.5. The number of nitriles is 1. The SMILES string of the molecule is COc1ccc(-n2cc(/C=C(\C#N)C(=O)Nc3ccc(Cl)cc3Cl)cc2C)cc1. The molecule has 1 aromatic heterocycles. The van der Waals surface area contributed by atoms with Gasteiger partial charge in [0.15, 0.2) is 0 Å². The molecule has 0 atom stereocenters. The van der Waals surface area contributed by atoms with Crippen LogP contribution in [0.25, 0.3) is 11.8 Å². The summed E-state index contributed by atoms with van der Waals surface area (Å²) in [6.07, 6.45) is 3.39. The van der Waals surface area contributed by atoms with Gasteiger partial charge in [-0.25, -0.2) is 0 Å². The van der Waals surface area contributed by atoms with Crippen LogP contribution in [0.15, 0.2) is 60.3 Å². The van der Waals surface area contributed by atoms with Crippen molar-refractivity contribution in [3.05, 3.63) is 81.6 Å². The predicted molar refractivity (Wildman–Crippen MR) is 116 cm³/mol. The third kappa shape index (κ3) is 4.80. The van der Waals surface area contributed by atoms with Gasteiger partial charge in [-0.05, 0) is 67.1 Å². The highest BCUT2D eigenvalue weighted by atomic mass is 35.5. The normalized spacial score (nSPS) is 11.1. The Kier molecular flexibility index (Phi) is 6.28. The van der Waals surface area contributed by atoms with Crippen LogP contribution in [0.1, 0.15) is 11.3 Å². The van der Waals surface area contributed by atoms with Crippen molar-refractivity contribution in [2.75, 3.05) is 12.4 Å². The maximum absolute atomic E-state index is 12.5. The van der Waals surface area contributed by atoms with E-state index in [1.165, 1.54) is 12.1 Å². The van der Waals surface area contributed by atoms with Crippen LogP contribution < -0.4 is 10.1 Å². The van der Waals surface area contributed by atoms with E-state index in [2.05, 4.69) is 5.32 Å². The second-order valence-corrected chi connectivity index (χ2v) is 7.07. The van der Waals surface area contributed by atoms with Crippen molar-refractivity contribution >= 4 is 40.9 Å². The van der Waals surface area contributed by atoms with E-state index in [1.54, 1.807) is 19.2 Å². The lowest BCUT2D eigenvalue weighted by Crippen LogP contribution is -2.13. The van der Waals surface area contributed by atoms with E-state index in [4.69, 9.17) is 27.9 Å². The molecule has 5 nitrogen and oxygen atoms in total. The molecule has 3 rings (SSSR count). The summed E-state index contributed by atoms with van der Waals surface area (Å²) in [5, 5.41) is 12.8. The number of amides is 1. The van der Waals surface area contributed by atoms with E-state index in [0.717, 1.165) is 22.7 Å². The van der Waals surface area contributed by atoms with Crippen molar-refractivity contribution in [2.45, 2.75) is 6.92 Å². The molecule has 3 aromatic rings. The van der Waals surface area contributed by atoms with E-state index >= 15 is 0 Å². The zero-order chi connectivity index (χ0) is 21.0. The lowest BCUT2D eigenvalue weighted by atomic mass is 10.2. The summed E-state index contributed by atoms with van der Waals surface area (Å²) in [5.74, 6) is 0.217. The van der Waals surface area contributed by atoms with Crippen molar-refractivity contribution < 1.29 is 9.53 Å². The first-order chi connectivity index (χ1) is 13.9. The van der Waals surface area contributed by atoms with E-state index < -0.39 is 5.91 Å². The number of carbonyl (C=O) groups excluding carboxylic acids is 1. The van der Waals surface area contributed by atoms with E-state index in [1.807, 2.05) is 54.1 Å². The number of hydrogen-bond donors (Lipinski definition) is 1. The average Bonchev–Trinajstić information content (AvgIpc) is 3.08. The number of carbonyl (C=O) groups is 1. The Morgan fingerprint density at radius 2 is 1.90 bits per heavy atom. The molecule has 0 saturated carbocycles. The van der Waals surface area contributed by atoms with Crippen LogP contribution in [0.4, 0.5) is 5.69 Å². The summed E-state index contributed by atoms with van der Waals surface area (Å²) in [6, 6.07) is 16.1. The summed E-state index contributed by atoms with van der Waals surface area (Å²) < 4.78 is 7.15. The monoisotopic (exact) mass is 425 g/mol. The smallest absolute Gasteiger partial charge is 0.266 e. The number of nitrogens with zero attached hydrogens (tertiary/aromatic N) is 2. The maximum Gasteiger partial charge on any atom is 0.266 e. The second-order valence-electron chi connectivity index (χ2n) is 6.23. The Bertz CT molecular complexity index is 1130. The van der Waals surface area contributed by atoms with Crippen molar-refractivity contribution in [3.8, 4) is 17.5 Å². The Morgan fingerprint density at radius 1 is 1.17 bits per heavy atom. The number of halogens is 2. The molecule has 1 amide bonds. The van der Waals surface area contributed by atoms with Gasteiger partial charge in [-0.2, -0.15) is 5.26 Å². The first-order valence-corrected chi connectivity index (χ1v) is 9.38. The topological polar surface area (TPSA) is 67.0 Å². The fourth-order valence-corrected chi connectivity index (χ4v) is 3.25. The van der Waals surface area contributed by atoms with Gasteiger partial charge in [0.25, 0.3) is 5.91 Å². The molecule has 1 heterocycles. The zero-order valence-corrected chi connectivity index (χ0v) is 17.3. The number of aryl methyl sites for hydroxylation is 1. The minimum atomic E-state index is -0.549. The third-order valence-electron chi connectivity index (χ3n) is 4.24. The summed E-state index contributed by atoms with van der Waals surface area (Å²) in [6.45, 7) is 1.95. The van der Waals surface area contributed by atoms with Crippen molar-refractivity contribution in [2.24, 2.45) is 0 Å². The Labute approximate surface area is 178 Å². The molecule has 7 heteroatoms. The van der Waals surface area contributed by atoms with Gasteiger partial charge in [0, 0.05) is 22.6 Å². The van der Waals surface area contributed by atoms with Crippen LogP contribution in [0.2, 0.25) is 10.0 Å². The number of ether oxygens (including phenoxy) is 1. The first-order valence-electron chi connectivity index (χ1n) is 8.63. The molecule has 1 N–H and O–H groups in total. The first kappa shape index (κ1) is 20.5. The highest BCUT2D eigenvalue weighted by Crippen LogP contribution is 2.26. The largest absolute Gasteiger partial charge is 0.497 e. The summed E-state index contributed by atoms with van der Waals surface area (Å²) in [5.41, 5.74) is 2.98. The third-order valence-corrected chi connectivity index (χ3v) is 4.79. The van der Waals surface area contributed by atoms with Gasteiger partial charge in [0.1, 0.15) is 17.4 Å². The average molecular weight is 426 g/mol. The van der Waals surface area contributed by atoms with Gasteiger partial charge in [-0.15, -0.1) is 0 Å². The minimum Gasteiger partial charge on any atom is -0.497 e. The van der Waals surface area contributed by atoms with Crippen LogP contribution in [0.3, 0.4) is 0 Å². The molecular formula is C22H17Cl2N3O2. The second kappa shape index (κ2) is 8.87. The van der Waals surface area contributed by atoms with Gasteiger partial charge in [-0.3, -0.25) is 4.79 Å². The number of anilines is 1. The molecule has 0 aliphatic rings.